The first-order valence-electron chi connectivity index (χ1n) is 6.09. The van der Waals surface area contributed by atoms with Gasteiger partial charge in [-0.3, -0.25) is 10.1 Å². The van der Waals surface area contributed by atoms with E-state index in [0.717, 1.165) is 23.6 Å². The van der Waals surface area contributed by atoms with Crippen LogP contribution in [0.5, 0.6) is 0 Å². The molecule has 0 unspecified atom stereocenters. The maximum Gasteiger partial charge on any atom is 0.292 e. The van der Waals surface area contributed by atoms with Gasteiger partial charge in [-0.2, -0.15) is 0 Å². The van der Waals surface area contributed by atoms with Gasteiger partial charge in [-0.1, -0.05) is 23.9 Å². The monoisotopic (exact) mass is 292 g/mol. The molecule has 1 aromatic heterocycles. The summed E-state index contributed by atoms with van der Waals surface area (Å²) < 4.78 is 1.80. The highest BCUT2D eigenvalue weighted by molar-refractivity contribution is 7.98. The molecule has 1 fully saturated rings. The molecule has 0 atom stereocenters. The van der Waals surface area contributed by atoms with Gasteiger partial charge in [0.15, 0.2) is 0 Å². The van der Waals surface area contributed by atoms with Crippen LogP contribution in [0, 0.1) is 10.1 Å². The van der Waals surface area contributed by atoms with E-state index in [-0.39, 0.29) is 11.4 Å². The Labute approximate surface area is 118 Å². The van der Waals surface area contributed by atoms with Gasteiger partial charge in [0.05, 0.1) is 11.0 Å². The van der Waals surface area contributed by atoms with Crippen LogP contribution in [-0.2, 0) is 5.75 Å². The fraction of sp³-hybridized carbons (Fsp3) is 0.364. The summed E-state index contributed by atoms with van der Waals surface area (Å²) in [5.41, 5.74) is 6.68. The van der Waals surface area contributed by atoms with Crippen LogP contribution in [0.1, 0.15) is 24.4 Å². The number of anilines is 1. The summed E-state index contributed by atoms with van der Waals surface area (Å²) in [5, 5.41) is 23.2. The van der Waals surface area contributed by atoms with Crippen LogP contribution >= 0.6 is 11.8 Å². The third-order valence-electron chi connectivity index (χ3n) is 3.08. The first-order chi connectivity index (χ1) is 9.66. The third kappa shape index (κ3) is 2.44. The van der Waals surface area contributed by atoms with E-state index in [1.807, 2.05) is 0 Å². The molecule has 1 aromatic carbocycles. The smallest absolute Gasteiger partial charge is 0.292 e. The van der Waals surface area contributed by atoms with E-state index in [0.29, 0.717) is 11.8 Å². The summed E-state index contributed by atoms with van der Waals surface area (Å²) in [6.07, 6.45) is 2.19. The Hall–Kier alpha value is -2.16. The van der Waals surface area contributed by atoms with Crippen LogP contribution in [0.4, 0.5) is 11.4 Å². The molecule has 1 aliphatic carbocycles. The van der Waals surface area contributed by atoms with Crippen molar-refractivity contribution in [2.24, 2.45) is 0 Å². The zero-order valence-electron chi connectivity index (χ0n) is 10.5. The number of aromatic nitrogens is 4. The lowest BCUT2D eigenvalue weighted by molar-refractivity contribution is -0.383. The van der Waals surface area contributed by atoms with E-state index < -0.39 is 4.92 Å². The number of nitrogen functional groups attached to an aromatic ring is 1. The maximum atomic E-state index is 10.8. The first-order valence-corrected chi connectivity index (χ1v) is 7.08. The second-order valence-corrected chi connectivity index (χ2v) is 5.48. The van der Waals surface area contributed by atoms with Crippen LogP contribution in [-0.4, -0.2) is 25.1 Å². The molecule has 2 N–H and O–H groups in total. The molecule has 0 radical (unpaired) electrons. The van der Waals surface area contributed by atoms with E-state index >= 15 is 0 Å². The van der Waals surface area contributed by atoms with Crippen molar-refractivity contribution in [2.75, 3.05) is 5.73 Å². The van der Waals surface area contributed by atoms with E-state index in [1.54, 1.807) is 16.8 Å². The molecule has 0 bridgehead atoms. The molecule has 8 nitrogen and oxygen atoms in total. The van der Waals surface area contributed by atoms with Gasteiger partial charge in [0.1, 0.15) is 5.69 Å². The minimum absolute atomic E-state index is 0.0649. The number of nitrogens with zero attached hydrogens (tertiary/aromatic N) is 5. The quantitative estimate of drug-likeness (QED) is 0.387. The van der Waals surface area contributed by atoms with Gasteiger partial charge in [-0.15, -0.1) is 5.10 Å². The normalized spacial score (nSPS) is 14.4. The van der Waals surface area contributed by atoms with Crippen molar-refractivity contribution in [2.45, 2.75) is 29.8 Å². The Bertz CT molecular complexity index is 654. The van der Waals surface area contributed by atoms with E-state index in [9.17, 15) is 10.1 Å². The van der Waals surface area contributed by atoms with Crippen molar-refractivity contribution < 1.29 is 4.92 Å². The lowest BCUT2D eigenvalue weighted by atomic mass is 10.2. The highest BCUT2D eigenvalue weighted by atomic mass is 32.2. The molecule has 20 heavy (non-hydrogen) atoms. The number of hydrogen-bond acceptors (Lipinski definition) is 7. The molecular formula is C11H12N6O2S. The maximum absolute atomic E-state index is 10.8. The summed E-state index contributed by atoms with van der Waals surface area (Å²) in [6, 6.07) is 5.21. The summed E-state index contributed by atoms with van der Waals surface area (Å²) in [5.74, 6) is 0.501. The predicted octanol–water partition coefficient (Wildman–Crippen LogP) is 1.79. The number of tetrazole rings is 1. The van der Waals surface area contributed by atoms with Gasteiger partial charge >= 0.3 is 0 Å². The summed E-state index contributed by atoms with van der Waals surface area (Å²) >= 11 is 1.43. The van der Waals surface area contributed by atoms with Crippen molar-refractivity contribution >= 4 is 23.1 Å². The average molecular weight is 292 g/mol. The standard InChI is InChI=1S/C11H12N6O2S/c12-10-7(2-1-3-9(10)17(18)19)6-20-11-13-14-15-16(11)8-4-5-8/h1-3,8H,4-6,12H2. The number of nitrogens with two attached hydrogens (primary N) is 1. The number of benzene rings is 1. The minimum atomic E-state index is -0.474. The Balaban J connectivity index is 1.76. The van der Waals surface area contributed by atoms with Crippen molar-refractivity contribution in [3.63, 3.8) is 0 Å². The second-order valence-electron chi connectivity index (χ2n) is 4.53. The summed E-state index contributed by atoms with van der Waals surface area (Å²) in [7, 11) is 0. The molecule has 1 saturated carbocycles. The number of nitro groups is 1. The van der Waals surface area contributed by atoms with Gasteiger partial charge in [0.2, 0.25) is 5.16 Å². The molecule has 104 valence electrons. The molecule has 0 spiro atoms. The topological polar surface area (TPSA) is 113 Å². The molecule has 1 heterocycles. The van der Waals surface area contributed by atoms with Crippen molar-refractivity contribution in [3.05, 3.63) is 33.9 Å². The number of nitro benzene ring substituents is 1. The lowest BCUT2D eigenvalue weighted by Crippen LogP contribution is -2.01. The summed E-state index contributed by atoms with van der Waals surface area (Å²) in [4.78, 5) is 10.4. The highest BCUT2D eigenvalue weighted by Crippen LogP contribution is 2.37. The van der Waals surface area contributed by atoms with Crippen molar-refractivity contribution in [1.29, 1.82) is 0 Å². The Kier molecular flexibility index (Phi) is 3.26. The molecule has 0 saturated heterocycles. The van der Waals surface area contributed by atoms with Gasteiger partial charge in [-0.25, -0.2) is 4.68 Å². The minimum Gasteiger partial charge on any atom is -0.393 e. The van der Waals surface area contributed by atoms with Crippen molar-refractivity contribution in [3.8, 4) is 0 Å². The van der Waals surface area contributed by atoms with Crippen molar-refractivity contribution in [1.82, 2.24) is 20.2 Å². The van der Waals surface area contributed by atoms with Gasteiger partial charge in [0.25, 0.3) is 5.69 Å². The third-order valence-corrected chi connectivity index (χ3v) is 4.06. The van der Waals surface area contributed by atoms with E-state index in [2.05, 4.69) is 15.5 Å². The zero-order valence-corrected chi connectivity index (χ0v) is 11.3. The van der Waals surface area contributed by atoms with E-state index in [1.165, 1.54) is 17.8 Å². The number of thioether (sulfide) groups is 1. The fourth-order valence-electron chi connectivity index (χ4n) is 1.86. The van der Waals surface area contributed by atoms with Crippen LogP contribution in [0.3, 0.4) is 0 Å². The average Bonchev–Trinajstić information content (AvgIpc) is 3.16. The van der Waals surface area contributed by atoms with Gasteiger partial charge in [0, 0.05) is 11.8 Å². The zero-order chi connectivity index (χ0) is 14.1. The summed E-state index contributed by atoms with van der Waals surface area (Å²) in [6.45, 7) is 0. The number of rotatable bonds is 5. The molecule has 0 aliphatic heterocycles. The van der Waals surface area contributed by atoms with Crippen LogP contribution in [0.15, 0.2) is 23.4 Å². The van der Waals surface area contributed by atoms with E-state index in [4.69, 9.17) is 5.73 Å². The number of hydrogen-bond donors (Lipinski definition) is 1. The molecular weight excluding hydrogens is 280 g/mol. The lowest BCUT2D eigenvalue weighted by Gasteiger charge is -2.05. The highest BCUT2D eigenvalue weighted by Gasteiger charge is 2.28. The largest absolute Gasteiger partial charge is 0.393 e. The Morgan fingerprint density at radius 1 is 1.50 bits per heavy atom. The molecule has 1 aliphatic rings. The SMILES string of the molecule is Nc1c(CSc2nnnn2C2CC2)cccc1[N+](=O)[O-]. The first kappa shape index (κ1) is 12.9. The Morgan fingerprint density at radius 2 is 2.30 bits per heavy atom. The molecule has 3 rings (SSSR count). The molecule has 9 heteroatoms. The van der Waals surface area contributed by atoms with Crippen LogP contribution in [0.25, 0.3) is 0 Å². The predicted molar refractivity (Wildman–Crippen MR) is 73.2 cm³/mol. The van der Waals surface area contributed by atoms with Crippen LogP contribution in [0.2, 0.25) is 0 Å². The fourth-order valence-corrected chi connectivity index (χ4v) is 2.80. The van der Waals surface area contributed by atoms with Crippen LogP contribution < -0.4 is 5.73 Å². The Morgan fingerprint density at radius 3 is 3.00 bits per heavy atom. The second kappa shape index (κ2) is 5.08. The number of para-hydroxylation sites is 1. The van der Waals surface area contributed by atoms with Gasteiger partial charge < -0.3 is 5.73 Å². The molecule has 0 amide bonds. The molecule has 2 aromatic rings. The van der Waals surface area contributed by atoms with Gasteiger partial charge in [-0.05, 0) is 28.8 Å².